The molecule has 4 rings (SSSR count). The number of nitrogens with zero attached hydrogens (tertiary/aromatic N) is 1. The van der Waals surface area contributed by atoms with Gasteiger partial charge in [0.25, 0.3) is 5.91 Å². The summed E-state index contributed by atoms with van der Waals surface area (Å²) >= 11 is 0. The van der Waals surface area contributed by atoms with Crippen LogP contribution >= 0.6 is 0 Å². The summed E-state index contributed by atoms with van der Waals surface area (Å²) in [6.45, 7) is 2.46. The molecule has 1 saturated heterocycles. The molecule has 2 aliphatic rings. The van der Waals surface area contributed by atoms with Crippen molar-refractivity contribution in [1.29, 1.82) is 0 Å². The molecule has 0 spiro atoms. The van der Waals surface area contributed by atoms with Gasteiger partial charge in [0.1, 0.15) is 11.9 Å². The lowest BCUT2D eigenvalue weighted by atomic mass is 9.96. The molecule has 1 amide bonds. The molecule has 0 aliphatic carbocycles. The van der Waals surface area contributed by atoms with Crippen LogP contribution < -0.4 is 10.1 Å². The maximum absolute atomic E-state index is 13.1. The van der Waals surface area contributed by atoms with Crippen molar-refractivity contribution in [2.75, 3.05) is 25.0 Å². The van der Waals surface area contributed by atoms with Gasteiger partial charge < -0.3 is 15.0 Å². The standard InChI is InChI=1S/C21H24N2O2/c24-21(19-10-4-12-20-18(19)11-5-13-22-20)23-14-6-9-17(15-23)25-16-7-2-1-3-8-16/h1-4,7-8,10,12,17,22H,5-6,9,11,13-15H2. The summed E-state index contributed by atoms with van der Waals surface area (Å²) < 4.78 is 6.08. The highest BCUT2D eigenvalue weighted by atomic mass is 16.5. The molecule has 4 nitrogen and oxygen atoms in total. The third-order valence-electron chi connectivity index (χ3n) is 5.04. The highest BCUT2D eigenvalue weighted by Crippen LogP contribution is 2.27. The highest BCUT2D eigenvalue weighted by molar-refractivity contribution is 5.97. The molecule has 25 heavy (non-hydrogen) atoms. The summed E-state index contributed by atoms with van der Waals surface area (Å²) in [7, 11) is 0. The molecule has 4 heteroatoms. The van der Waals surface area contributed by atoms with Gasteiger partial charge in [-0.25, -0.2) is 0 Å². The maximum atomic E-state index is 13.1. The largest absolute Gasteiger partial charge is 0.489 e. The van der Waals surface area contributed by atoms with E-state index in [0.29, 0.717) is 6.54 Å². The quantitative estimate of drug-likeness (QED) is 0.928. The Hall–Kier alpha value is -2.49. The number of piperidine rings is 1. The van der Waals surface area contributed by atoms with E-state index in [4.69, 9.17) is 4.74 Å². The van der Waals surface area contributed by atoms with Crippen molar-refractivity contribution in [3.63, 3.8) is 0 Å². The number of hydrogen-bond acceptors (Lipinski definition) is 3. The predicted molar refractivity (Wildman–Crippen MR) is 99.2 cm³/mol. The Morgan fingerprint density at radius 2 is 1.96 bits per heavy atom. The first-order valence-corrected chi connectivity index (χ1v) is 9.18. The second kappa shape index (κ2) is 7.18. The highest BCUT2D eigenvalue weighted by Gasteiger charge is 2.28. The minimum absolute atomic E-state index is 0.0674. The lowest BCUT2D eigenvalue weighted by molar-refractivity contribution is 0.0537. The van der Waals surface area contributed by atoms with Crippen LogP contribution in [0.5, 0.6) is 5.75 Å². The van der Waals surface area contributed by atoms with E-state index in [1.807, 2.05) is 47.4 Å². The molecule has 130 valence electrons. The Morgan fingerprint density at radius 3 is 2.84 bits per heavy atom. The number of benzene rings is 2. The van der Waals surface area contributed by atoms with Crippen LogP contribution in [0.15, 0.2) is 48.5 Å². The molecule has 0 aromatic heterocycles. The van der Waals surface area contributed by atoms with E-state index in [2.05, 4.69) is 11.4 Å². The van der Waals surface area contributed by atoms with Crippen molar-refractivity contribution >= 4 is 11.6 Å². The number of likely N-dealkylation sites (tertiary alicyclic amines) is 1. The zero-order valence-electron chi connectivity index (χ0n) is 14.4. The van der Waals surface area contributed by atoms with E-state index in [1.54, 1.807) is 0 Å². The number of para-hydroxylation sites is 1. The molecule has 1 N–H and O–H groups in total. The summed E-state index contributed by atoms with van der Waals surface area (Å²) in [4.78, 5) is 15.1. The van der Waals surface area contributed by atoms with Crippen LogP contribution in [-0.2, 0) is 6.42 Å². The van der Waals surface area contributed by atoms with Crippen molar-refractivity contribution < 1.29 is 9.53 Å². The van der Waals surface area contributed by atoms with Gasteiger partial charge >= 0.3 is 0 Å². The summed E-state index contributed by atoms with van der Waals surface area (Å²) in [6.07, 6.45) is 4.10. The molecular weight excluding hydrogens is 312 g/mol. The lowest BCUT2D eigenvalue weighted by Crippen LogP contribution is -2.44. The molecule has 1 unspecified atom stereocenters. The smallest absolute Gasteiger partial charge is 0.254 e. The summed E-state index contributed by atoms with van der Waals surface area (Å²) in [5.74, 6) is 1.02. The zero-order chi connectivity index (χ0) is 17.1. The van der Waals surface area contributed by atoms with E-state index in [0.717, 1.165) is 55.8 Å². The Morgan fingerprint density at radius 1 is 1.08 bits per heavy atom. The zero-order valence-corrected chi connectivity index (χ0v) is 14.4. The van der Waals surface area contributed by atoms with Gasteiger partial charge in [-0.2, -0.15) is 0 Å². The van der Waals surface area contributed by atoms with Crippen molar-refractivity contribution in [3.05, 3.63) is 59.7 Å². The number of carbonyl (C=O) groups excluding carboxylic acids is 1. The van der Waals surface area contributed by atoms with Crippen LogP contribution in [-0.4, -0.2) is 36.5 Å². The van der Waals surface area contributed by atoms with E-state index >= 15 is 0 Å². The van der Waals surface area contributed by atoms with Crippen molar-refractivity contribution in [1.82, 2.24) is 4.90 Å². The number of fused-ring (bicyclic) bond motifs is 1. The number of anilines is 1. The number of hydrogen-bond donors (Lipinski definition) is 1. The first kappa shape index (κ1) is 16.0. The summed E-state index contributed by atoms with van der Waals surface area (Å²) in [5.41, 5.74) is 3.14. The van der Waals surface area contributed by atoms with Crippen LogP contribution in [0.2, 0.25) is 0 Å². The third kappa shape index (κ3) is 3.48. The van der Waals surface area contributed by atoms with Crippen molar-refractivity contribution in [2.24, 2.45) is 0 Å². The first-order chi connectivity index (χ1) is 12.3. The van der Waals surface area contributed by atoms with Gasteiger partial charge in [0.05, 0.1) is 6.54 Å². The van der Waals surface area contributed by atoms with E-state index in [-0.39, 0.29) is 12.0 Å². The molecule has 2 heterocycles. The van der Waals surface area contributed by atoms with Crippen molar-refractivity contribution in [2.45, 2.75) is 31.8 Å². The lowest BCUT2D eigenvalue weighted by Gasteiger charge is -2.34. The maximum Gasteiger partial charge on any atom is 0.254 e. The predicted octanol–water partition coefficient (Wildman–Crippen LogP) is 3.73. The number of nitrogens with one attached hydrogen (secondary N) is 1. The minimum atomic E-state index is 0.0674. The topological polar surface area (TPSA) is 41.6 Å². The summed E-state index contributed by atoms with van der Waals surface area (Å²) in [6, 6.07) is 15.9. The second-order valence-electron chi connectivity index (χ2n) is 6.81. The molecule has 2 aromatic carbocycles. The Kier molecular flexibility index (Phi) is 4.59. The van der Waals surface area contributed by atoms with Gasteiger partial charge in [0.15, 0.2) is 0 Å². The molecule has 0 bridgehead atoms. The minimum Gasteiger partial charge on any atom is -0.489 e. The fourth-order valence-corrected chi connectivity index (χ4v) is 3.79. The van der Waals surface area contributed by atoms with E-state index in [9.17, 15) is 4.79 Å². The number of amides is 1. The Labute approximate surface area is 148 Å². The average molecular weight is 336 g/mol. The van der Waals surface area contributed by atoms with Gasteiger partial charge in [-0.05, 0) is 55.5 Å². The monoisotopic (exact) mass is 336 g/mol. The number of ether oxygens (including phenoxy) is 1. The average Bonchev–Trinajstić information content (AvgIpc) is 2.68. The summed E-state index contributed by atoms with van der Waals surface area (Å²) in [5, 5.41) is 3.41. The van der Waals surface area contributed by atoms with Gasteiger partial charge in [-0.1, -0.05) is 24.3 Å². The van der Waals surface area contributed by atoms with Crippen LogP contribution in [0.25, 0.3) is 0 Å². The van der Waals surface area contributed by atoms with Gasteiger partial charge in [0.2, 0.25) is 0 Å². The third-order valence-corrected chi connectivity index (χ3v) is 5.04. The molecular formula is C21H24N2O2. The fourth-order valence-electron chi connectivity index (χ4n) is 3.79. The number of rotatable bonds is 3. The fraction of sp³-hybridized carbons (Fsp3) is 0.381. The van der Waals surface area contributed by atoms with Crippen LogP contribution in [0.3, 0.4) is 0 Å². The van der Waals surface area contributed by atoms with Gasteiger partial charge in [0, 0.05) is 24.3 Å². The SMILES string of the molecule is O=C(c1cccc2c1CCCN2)N1CCCC(Oc2ccccc2)C1. The molecule has 0 radical (unpaired) electrons. The van der Waals surface area contributed by atoms with Gasteiger partial charge in [-0.15, -0.1) is 0 Å². The van der Waals surface area contributed by atoms with Gasteiger partial charge in [-0.3, -0.25) is 4.79 Å². The second-order valence-corrected chi connectivity index (χ2v) is 6.81. The normalized spacial score (nSPS) is 19.7. The van der Waals surface area contributed by atoms with Crippen LogP contribution in [0.4, 0.5) is 5.69 Å². The van der Waals surface area contributed by atoms with E-state index < -0.39 is 0 Å². The molecule has 1 fully saturated rings. The molecule has 0 saturated carbocycles. The molecule has 2 aliphatic heterocycles. The van der Waals surface area contributed by atoms with E-state index in [1.165, 1.54) is 5.56 Å². The Bertz CT molecular complexity index is 745. The molecule has 2 aromatic rings. The molecule has 1 atom stereocenters. The Balaban J connectivity index is 1.49. The van der Waals surface area contributed by atoms with Crippen molar-refractivity contribution in [3.8, 4) is 5.75 Å². The van der Waals surface area contributed by atoms with Crippen LogP contribution in [0, 0.1) is 0 Å². The first-order valence-electron chi connectivity index (χ1n) is 9.18. The number of carbonyl (C=O) groups is 1. The van der Waals surface area contributed by atoms with Crippen LogP contribution in [0.1, 0.15) is 35.2 Å².